The lowest BCUT2D eigenvalue weighted by Gasteiger charge is -2.35. The third-order valence-corrected chi connectivity index (χ3v) is 8.69. The fraction of sp³-hybridized carbons (Fsp3) is 0.345. The van der Waals surface area contributed by atoms with Crippen LogP contribution < -0.4 is 25.6 Å². The number of aryl methyl sites for hydroxylation is 2. The number of thioether (sulfide) groups is 1. The number of nitrogens with zero attached hydrogens (tertiary/aromatic N) is 2. The first-order valence-corrected chi connectivity index (χ1v) is 14.0. The van der Waals surface area contributed by atoms with Crippen LogP contribution in [-0.4, -0.2) is 41.3 Å². The SMILES string of the molecule is CCc1ccccc1Oc1ccc(N2C(=O)NC3c4c2ccnc4S[C@H]3C(=O)NC2CCCNC2)c(C)c1. The van der Waals surface area contributed by atoms with E-state index in [0.29, 0.717) is 5.75 Å². The van der Waals surface area contributed by atoms with Gasteiger partial charge in [0.05, 0.1) is 17.4 Å². The van der Waals surface area contributed by atoms with Crippen molar-refractivity contribution in [3.05, 3.63) is 71.4 Å². The van der Waals surface area contributed by atoms with E-state index >= 15 is 0 Å². The van der Waals surface area contributed by atoms with Crippen molar-refractivity contribution in [2.45, 2.75) is 55.5 Å². The molecule has 0 spiro atoms. The number of piperidine rings is 1. The molecule has 3 aliphatic heterocycles. The average molecular weight is 530 g/mol. The summed E-state index contributed by atoms with van der Waals surface area (Å²) < 4.78 is 6.19. The van der Waals surface area contributed by atoms with Gasteiger partial charge >= 0.3 is 6.03 Å². The van der Waals surface area contributed by atoms with Crippen LogP contribution in [0.2, 0.25) is 0 Å². The Balaban J connectivity index is 1.27. The van der Waals surface area contributed by atoms with Gasteiger partial charge in [0.25, 0.3) is 0 Å². The Labute approximate surface area is 226 Å². The summed E-state index contributed by atoms with van der Waals surface area (Å²) in [7, 11) is 0. The first-order valence-electron chi connectivity index (χ1n) is 13.2. The third-order valence-electron chi connectivity index (χ3n) is 7.40. The summed E-state index contributed by atoms with van der Waals surface area (Å²) in [6, 6.07) is 15.0. The molecule has 1 aromatic heterocycles. The number of aromatic nitrogens is 1. The number of hydrogen-bond acceptors (Lipinski definition) is 6. The van der Waals surface area contributed by atoms with Crippen LogP contribution in [0.1, 0.15) is 42.5 Å². The molecule has 9 heteroatoms. The second-order valence-corrected chi connectivity index (χ2v) is 11.0. The van der Waals surface area contributed by atoms with Gasteiger partial charge in [-0.1, -0.05) is 36.9 Å². The van der Waals surface area contributed by atoms with Crippen molar-refractivity contribution < 1.29 is 14.3 Å². The maximum Gasteiger partial charge on any atom is 0.327 e. The molecule has 6 rings (SSSR count). The lowest BCUT2D eigenvalue weighted by Crippen LogP contribution is -2.52. The van der Waals surface area contributed by atoms with E-state index in [-0.39, 0.29) is 18.0 Å². The Hall–Kier alpha value is -3.56. The summed E-state index contributed by atoms with van der Waals surface area (Å²) in [4.78, 5) is 33.0. The molecule has 0 radical (unpaired) electrons. The Morgan fingerprint density at radius 2 is 2.08 bits per heavy atom. The van der Waals surface area contributed by atoms with Crippen molar-refractivity contribution in [1.82, 2.24) is 20.9 Å². The van der Waals surface area contributed by atoms with Crippen molar-refractivity contribution in [3.63, 3.8) is 0 Å². The van der Waals surface area contributed by atoms with Crippen molar-refractivity contribution in [2.24, 2.45) is 0 Å². The van der Waals surface area contributed by atoms with Gasteiger partial charge in [0, 0.05) is 24.3 Å². The fourth-order valence-electron chi connectivity index (χ4n) is 5.49. The van der Waals surface area contributed by atoms with Crippen molar-refractivity contribution in [1.29, 1.82) is 0 Å². The Morgan fingerprint density at radius 3 is 2.87 bits per heavy atom. The van der Waals surface area contributed by atoms with Gasteiger partial charge in [-0.2, -0.15) is 0 Å². The Kier molecular flexibility index (Phi) is 6.71. The zero-order valence-electron chi connectivity index (χ0n) is 21.5. The van der Waals surface area contributed by atoms with Crippen LogP contribution in [0.25, 0.3) is 0 Å². The molecule has 3 aliphatic rings. The monoisotopic (exact) mass is 529 g/mol. The number of pyridine rings is 1. The van der Waals surface area contributed by atoms with Crippen LogP contribution in [0, 0.1) is 6.92 Å². The molecule has 2 aromatic carbocycles. The number of rotatable bonds is 6. The van der Waals surface area contributed by atoms with E-state index < -0.39 is 11.3 Å². The Morgan fingerprint density at radius 1 is 1.21 bits per heavy atom. The van der Waals surface area contributed by atoms with Crippen LogP contribution >= 0.6 is 11.8 Å². The number of carbonyl (C=O) groups excluding carboxylic acids is 2. The second-order valence-electron chi connectivity index (χ2n) is 9.91. The zero-order chi connectivity index (χ0) is 26.2. The van der Waals surface area contributed by atoms with Crippen LogP contribution in [0.15, 0.2) is 59.8 Å². The highest BCUT2D eigenvalue weighted by Crippen LogP contribution is 2.51. The molecule has 3 N–H and O–H groups in total. The molecule has 196 valence electrons. The van der Waals surface area contributed by atoms with E-state index in [1.54, 1.807) is 11.1 Å². The minimum absolute atomic E-state index is 0.0588. The fourth-order valence-corrected chi connectivity index (χ4v) is 6.72. The summed E-state index contributed by atoms with van der Waals surface area (Å²) in [5.74, 6) is 1.49. The summed E-state index contributed by atoms with van der Waals surface area (Å²) >= 11 is 1.43. The first-order chi connectivity index (χ1) is 18.5. The zero-order valence-corrected chi connectivity index (χ0v) is 22.3. The topological polar surface area (TPSA) is 95.6 Å². The van der Waals surface area contributed by atoms with Crippen LogP contribution in [-0.2, 0) is 11.2 Å². The van der Waals surface area contributed by atoms with Gasteiger partial charge in [-0.05, 0) is 74.2 Å². The number of nitrogens with one attached hydrogen (secondary N) is 3. The number of para-hydroxylation sites is 1. The van der Waals surface area contributed by atoms with Gasteiger partial charge < -0.3 is 20.7 Å². The predicted molar refractivity (Wildman–Crippen MR) is 148 cm³/mol. The molecule has 4 heterocycles. The van der Waals surface area contributed by atoms with E-state index in [0.717, 1.165) is 71.2 Å². The third kappa shape index (κ3) is 4.50. The summed E-state index contributed by atoms with van der Waals surface area (Å²) in [5, 5.41) is 9.94. The quantitative estimate of drug-likeness (QED) is 0.417. The van der Waals surface area contributed by atoms with Gasteiger partial charge in [0.1, 0.15) is 21.8 Å². The molecule has 8 nitrogen and oxygen atoms in total. The first kappa shape index (κ1) is 24.8. The second kappa shape index (κ2) is 10.3. The number of benzene rings is 2. The number of urea groups is 1. The Bertz CT molecular complexity index is 1390. The highest BCUT2D eigenvalue weighted by Gasteiger charge is 2.47. The molecule has 2 unspecified atom stereocenters. The summed E-state index contributed by atoms with van der Waals surface area (Å²) in [6.45, 7) is 5.83. The van der Waals surface area contributed by atoms with Gasteiger partial charge in [-0.25, -0.2) is 9.78 Å². The normalized spacial score (nSPS) is 22.0. The lowest BCUT2D eigenvalue weighted by atomic mass is 9.99. The largest absolute Gasteiger partial charge is 0.457 e. The van der Waals surface area contributed by atoms with E-state index in [4.69, 9.17) is 4.74 Å². The standard InChI is InChI=1S/C29H31N5O3S/c1-3-18-7-4-5-9-23(18)37-20-10-11-21(17(2)15-20)34-22-12-14-31-28-24(22)25(33-29(34)36)26(38-28)27(35)32-19-8-6-13-30-16-19/h4-5,7,9-12,14-15,19,25-26,30H,3,6,8,13,16H2,1-2H3,(H,32,35)(H,33,36)/t19?,25?,26-/m1/s1. The van der Waals surface area contributed by atoms with Crippen LogP contribution in [0.4, 0.5) is 16.2 Å². The highest BCUT2D eigenvalue weighted by atomic mass is 32.2. The van der Waals surface area contributed by atoms with Crippen molar-refractivity contribution in [2.75, 3.05) is 18.0 Å². The highest BCUT2D eigenvalue weighted by molar-refractivity contribution is 8.01. The van der Waals surface area contributed by atoms with Gasteiger partial charge in [-0.15, -0.1) is 0 Å². The van der Waals surface area contributed by atoms with E-state index in [2.05, 4.69) is 33.9 Å². The molecular weight excluding hydrogens is 498 g/mol. The lowest BCUT2D eigenvalue weighted by molar-refractivity contribution is -0.121. The number of carbonyl (C=O) groups is 2. The number of ether oxygens (including phenoxy) is 1. The smallest absolute Gasteiger partial charge is 0.327 e. The van der Waals surface area contributed by atoms with E-state index in [9.17, 15) is 9.59 Å². The molecular formula is C29H31N5O3S. The van der Waals surface area contributed by atoms with Crippen LogP contribution in [0.3, 0.4) is 0 Å². The van der Waals surface area contributed by atoms with E-state index in [1.165, 1.54) is 11.8 Å². The minimum atomic E-state index is -0.456. The molecule has 0 bridgehead atoms. The molecule has 38 heavy (non-hydrogen) atoms. The van der Waals surface area contributed by atoms with Gasteiger partial charge in [0.15, 0.2) is 0 Å². The van der Waals surface area contributed by atoms with E-state index in [1.807, 2.05) is 49.4 Å². The van der Waals surface area contributed by atoms with Crippen molar-refractivity contribution in [3.8, 4) is 11.5 Å². The van der Waals surface area contributed by atoms with Crippen LogP contribution in [0.5, 0.6) is 11.5 Å². The maximum atomic E-state index is 13.5. The molecule has 3 aromatic rings. The predicted octanol–water partition coefficient (Wildman–Crippen LogP) is 4.99. The molecule has 3 atom stereocenters. The molecule has 1 saturated heterocycles. The molecule has 0 saturated carbocycles. The molecule has 3 amide bonds. The maximum absolute atomic E-state index is 13.5. The number of amides is 3. The van der Waals surface area contributed by atoms with Gasteiger partial charge in [0.2, 0.25) is 5.91 Å². The molecule has 0 aliphatic carbocycles. The number of anilines is 2. The minimum Gasteiger partial charge on any atom is -0.457 e. The van der Waals surface area contributed by atoms with Gasteiger partial charge in [-0.3, -0.25) is 9.69 Å². The number of hydrogen-bond donors (Lipinski definition) is 3. The average Bonchev–Trinajstić information content (AvgIpc) is 3.30. The molecule has 1 fully saturated rings. The van der Waals surface area contributed by atoms with Crippen molar-refractivity contribution >= 4 is 35.1 Å². The summed E-state index contributed by atoms with van der Waals surface area (Å²) in [6.07, 6.45) is 4.59. The summed E-state index contributed by atoms with van der Waals surface area (Å²) in [5.41, 5.74) is 4.46.